The van der Waals surface area contributed by atoms with E-state index >= 15 is 0 Å². The summed E-state index contributed by atoms with van der Waals surface area (Å²) in [7, 11) is 0. The van der Waals surface area contributed by atoms with E-state index in [4.69, 9.17) is 0 Å². The number of aryl methyl sites for hydroxylation is 1. The Morgan fingerprint density at radius 3 is 2.50 bits per heavy atom. The number of nitrogens with one attached hydrogen (secondary N) is 1. The van der Waals surface area contributed by atoms with Crippen LogP contribution in [0.2, 0.25) is 0 Å². The van der Waals surface area contributed by atoms with Gasteiger partial charge in [-0.1, -0.05) is 25.3 Å². The standard InChI is InChI=1S/C18H23F3N2O2S/c1-3-11-23(17(25)18(19,20)21)15(14-10-9-12(2)26-14)16(24)22-13-7-5-4-6-8-13/h3,9-10,13,15H,1,4-8,11H2,2H3,(H,22,24). The lowest BCUT2D eigenvalue weighted by Gasteiger charge is -2.32. The lowest BCUT2D eigenvalue weighted by atomic mass is 9.95. The second-order valence-corrected chi connectivity index (χ2v) is 7.76. The molecule has 1 aliphatic carbocycles. The maximum atomic E-state index is 13.1. The normalized spacial score (nSPS) is 16.8. The van der Waals surface area contributed by atoms with Crippen LogP contribution in [0, 0.1) is 6.92 Å². The Bertz CT molecular complexity index is 651. The first-order chi connectivity index (χ1) is 12.2. The Morgan fingerprint density at radius 1 is 1.35 bits per heavy atom. The fourth-order valence-electron chi connectivity index (χ4n) is 3.16. The Balaban J connectivity index is 2.33. The zero-order chi connectivity index (χ0) is 19.3. The van der Waals surface area contributed by atoms with Crippen LogP contribution in [0.3, 0.4) is 0 Å². The summed E-state index contributed by atoms with van der Waals surface area (Å²) in [5, 5.41) is 2.84. The van der Waals surface area contributed by atoms with Crippen LogP contribution in [-0.2, 0) is 9.59 Å². The fourth-order valence-corrected chi connectivity index (χ4v) is 4.15. The molecule has 1 N–H and O–H groups in total. The molecule has 0 spiro atoms. The van der Waals surface area contributed by atoms with E-state index in [1.54, 1.807) is 19.1 Å². The van der Waals surface area contributed by atoms with Crippen molar-refractivity contribution < 1.29 is 22.8 Å². The molecule has 1 unspecified atom stereocenters. The second-order valence-electron chi connectivity index (χ2n) is 6.44. The SMILES string of the molecule is C=CCN(C(=O)C(F)(F)F)C(C(=O)NC1CCCCC1)c1ccc(C)s1. The van der Waals surface area contributed by atoms with Crippen molar-refractivity contribution >= 4 is 23.2 Å². The van der Waals surface area contributed by atoms with Gasteiger partial charge in [-0.15, -0.1) is 17.9 Å². The van der Waals surface area contributed by atoms with E-state index in [0.717, 1.165) is 37.0 Å². The van der Waals surface area contributed by atoms with Crippen molar-refractivity contribution in [3.05, 3.63) is 34.5 Å². The van der Waals surface area contributed by atoms with Crippen LogP contribution in [0.1, 0.15) is 47.9 Å². The molecule has 144 valence electrons. The number of thiophene rings is 1. The highest BCUT2D eigenvalue weighted by Gasteiger charge is 2.46. The van der Waals surface area contributed by atoms with Gasteiger partial charge in [-0.05, 0) is 31.9 Å². The van der Waals surface area contributed by atoms with Crippen molar-refractivity contribution in [2.45, 2.75) is 57.3 Å². The second kappa shape index (κ2) is 8.70. The van der Waals surface area contributed by atoms with Gasteiger partial charge in [0.2, 0.25) is 5.91 Å². The molecule has 1 heterocycles. The highest BCUT2D eigenvalue weighted by Crippen LogP contribution is 2.32. The molecule has 4 nitrogen and oxygen atoms in total. The molecule has 8 heteroatoms. The topological polar surface area (TPSA) is 49.4 Å². The van der Waals surface area contributed by atoms with Crippen LogP contribution in [0.5, 0.6) is 0 Å². The molecule has 0 bridgehead atoms. The minimum Gasteiger partial charge on any atom is -0.351 e. The lowest BCUT2D eigenvalue weighted by molar-refractivity contribution is -0.188. The molecule has 1 saturated carbocycles. The number of hydrogen-bond acceptors (Lipinski definition) is 3. The monoisotopic (exact) mass is 388 g/mol. The number of carbonyl (C=O) groups excluding carboxylic acids is 2. The van der Waals surface area contributed by atoms with E-state index in [1.165, 1.54) is 17.4 Å². The van der Waals surface area contributed by atoms with Crippen molar-refractivity contribution in [1.29, 1.82) is 0 Å². The van der Waals surface area contributed by atoms with Gasteiger partial charge in [-0.25, -0.2) is 0 Å². The molecule has 2 rings (SSSR count). The molecular formula is C18H23F3N2O2S. The molecule has 26 heavy (non-hydrogen) atoms. The molecule has 0 saturated heterocycles. The van der Waals surface area contributed by atoms with Gasteiger partial charge >= 0.3 is 12.1 Å². The number of alkyl halides is 3. The quantitative estimate of drug-likeness (QED) is 0.745. The molecule has 1 aromatic heterocycles. The summed E-state index contributed by atoms with van der Waals surface area (Å²) in [6.07, 6.45) is 0.795. The van der Waals surface area contributed by atoms with E-state index in [1.807, 2.05) is 0 Å². The molecule has 1 aromatic rings. The van der Waals surface area contributed by atoms with Crippen LogP contribution in [0.25, 0.3) is 0 Å². The predicted molar refractivity (Wildman–Crippen MR) is 94.8 cm³/mol. The largest absolute Gasteiger partial charge is 0.471 e. The van der Waals surface area contributed by atoms with Crippen molar-refractivity contribution in [3.63, 3.8) is 0 Å². The molecule has 1 fully saturated rings. The highest BCUT2D eigenvalue weighted by atomic mass is 32.1. The number of hydrogen-bond donors (Lipinski definition) is 1. The fraction of sp³-hybridized carbons (Fsp3) is 0.556. The average molecular weight is 388 g/mol. The van der Waals surface area contributed by atoms with E-state index in [2.05, 4.69) is 11.9 Å². The molecule has 0 aliphatic heterocycles. The van der Waals surface area contributed by atoms with Gasteiger partial charge < -0.3 is 10.2 Å². The van der Waals surface area contributed by atoms with Crippen LogP contribution >= 0.6 is 11.3 Å². The highest BCUT2D eigenvalue weighted by molar-refractivity contribution is 7.12. The Labute approximate surface area is 155 Å². The minimum absolute atomic E-state index is 0.0635. The number of halogens is 3. The third kappa shape index (κ3) is 5.09. The number of amides is 2. The minimum atomic E-state index is -5.06. The third-order valence-corrected chi connectivity index (χ3v) is 5.42. The van der Waals surface area contributed by atoms with Crippen molar-refractivity contribution in [2.75, 3.05) is 6.54 Å². The molecular weight excluding hydrogens is 365 g/mol. The first kappa shape index (κ1) is 20.5. The summed E-state index contributed by atoms with van der Waals surface area (Å²) in [6.45, 7) is 4.87. The zero-order valence-electron chi connectivity index (χ0n) is 14.6. The number of carbonyl (C=O) groups is 2. The maximum absolute atomic E-state index is 13.1. The van der Waals surface area contributed by atoms with Gasteiger partial charge in [0, 0.05) is 22.3 Å². The Kier molecular flexibility index (Phi) is 6.86. The van der Waals surface area contributed by atoms with Crippen molar-refractivity contribution in [1.82, 2.24) is 10.2 Å². The molecule has 2 amide bonds. The first-order valence-electron chi connectivity index (χ1n) is 8.59. The van der Waals surface area contributed by atoms with Gasteiger partial charge in [0.05, 0.1) is 0 Å². The molecule has 0 aromatic carbocycles. The van der Waals surface area contributed by atoms with Crippen LogP contribution < -0.4 is 5.32 Å². The first-order valence-corrected chi connectivity index (χ1v) is 9.41. The van der Waals surface area contributed by atoms with Crippen molar-refractivity contribution in [3.8, 4) is 0 Å². The third-order valence-electron chi connectivity index (χ3n) is 4.37. The van der Waals surface area contributed by atoms with E-state index in [9.17, 15) is 22.8 Å². The summed E-state index contributed by atoms with van der Waals surface area (Å²) < 4.78 is 39.2. The maximum Gasteiger partial charge on any atom is 0.471 e. The molecule has 0 radical (unpaired) electrons. The molecule has 1 aliphatic rings. The zero-order valence-corrected chi connectivity index (χ0v) is 15.5. The van der Waals surface area contributed by atoms with Crippen LogP contribution in [-0.4, -0.2) is 35.5 Å². The van der Waals surface area contributed by atoms with Gasteiger partial charge in [0.15, 0.2) is 0 Å². The summed E-state index contributed by atoms with van der Waals surface area (Å²) in [5.74, 6) is -2.61. The van der Waals surface area contributed by atoms with Gasteiger partial charge in [-0.2, -0.15) is 13.2 Å². The van der Waals surface area contributed by atoms with E-state index in [-0.39, 0.29) is 12.6 Å². The van der Waals surface area contributed by atoms with Crippen LogP contribution in [0.15, 0.2) is 24.8 Å². The summed E-state index contributed by atoms with van der Waals surface area (Å²) >= 11 is 1.21. The lowest BCUT2D eigenvalue weighted by Crippen LogP contribution is -2.50. The predicted octanol–water partition coefficient (Wildman–Crippen LogP) is 4.12. The Morgan fingerprint density at radius 2 is 2.00 bits per heavy atom. The van der Waals surface area contributed by atoms with E-state index < -0.39 is 24.0 Å². The van der Waals surface area contributed by atoms with Gasteiger partial charge in [0.1, 0.15) is 6.04 Å². The van der Waals surface area contributed by atoms with Crippen LogP contribution in [0.4, 0.5) is 13.2 Å². The van der Waals surface area contributed by atoms with E-state index in [0.29, 0.717) is 9.78 Å². The summed E-state index contributed by atoms with van der Waals surface area (Å²) in [4.78, 5) is 26.6. The molecule has 1 atom stereocenters. The van der Waals surface area contributed by atoms with Crippen molar-refractivity contribution in [2.24, 2.45) is 0 Å². The summed E-state index contributed by atoms with van der Waals surface area (Å²) in [5.41, 5.74) is 0. The average Bonchev–Trinajstić information content (AvgIpc) is 2.99. The number of rotatable bonds is 6. The van der Waals surface area contributed by atoms with Gasteiger partial charge in [0.25, 0.3) is 0 Å². The number of nitrogens with zero attached hydrogens (tertiary/aromatic N) is 1. The Hall–Kier alpha value is -1.83. The smallest absolute Gasteiger partial charge is 0.351 e. The summed E-state index contributed by atoms with van der Waals surface area (Å²) in [6, 6.07) is 1.95. The van der Waals surface area contributed by atoms with Gasteiger partial charge in [-0.3, -0.25) is 9.59 Å².